The van der Waals surface area contributed by atoms with Crippen molar-refractivity contribution >= 4 is 17.6 Å². The lowest BCUT2D eigenvalue weighted by Crippen LogP contribution is -2.02. The van der Waals surface area contributed by atoms with Gasteiger partial charge in [-0.1, -0.05) is 23.7 Å². The molecule has 0 amide bonds. The fraction of sp³-hybridized carbons (Fsp3) is 0.133. The summed E-state index contributed by atoms with van der Waals surface area (Å²) in [4.78, 5) is 11.0. The van der Waals surface area contributed by atoms with E-state index < -0.39 is 5.97 Å². The van der Waals surface area contributed by atoms with E-state index in [1.807, 2.05) is 6.07 Å². The largest absolute Gasteiger partial charge is 0.489 e. The number of carbonyl (C=O) groups is 1. The number of hydrogen-bond acceptors (Lipinski definition) is 2. The van der Waals surface area contributed by atoms with Crippen LogP contribution in [0.5, 0.6) is 5.75 Å². The van der Waals surface area contributed by atoms with Gasteiger partial charge in [-0.05, 0) is 48.4 Å². The SMILES string of the molecule is Cc1ccc(COc2ccc(Cl)cc2)cc1C(=O)O. The molecule has 3 nitrogen and oxygen atoms in total. The first-order chi connectivity index (χ1) is 9.06. The molecule has 0 heterocycles. The highest BCUT2D eigenvalue weighted by molar-refractivity contribution is 6.30. The van der Waals surface area contributed by atoms with Gasteiger partial charge in [-0.25, -0.2) is 4.79 Å². The molecule has 0 fully saturated rings. The first-order valence-corrected chi connectivity index (χ1v) is 6.15. The second-order valence-corrected chi connectivity index (χ2v) is 4.63. The molecule has 0 aromatic heterocycles. The topological polar surface area (TPSA) is 46.5 Å². The van der Waals surface area contributed by atoms with E-state index in [0.29, 0.717) is 22.9 Å². The van der Waals surface area contributed by atoms with E-state index in [2.05, 4.69) is 0 Å². The molecule has 0 unspecified atom stereocenters. The van der Waals surface area contributed by atoms with Crippen molar-refractivity contribution in [3.63, 3.8) is 0 Å². The predicted octanol–water partition coefficient (Wildman–Crippen LogP) is 3.93. The van der Waals surface area contributed by atoms with E-state index >= 15 is 0 Å². The summed E-state index contributed by atoms with van der Waals surface area (Å²) in [7, 11) is 0. The Labute approximate surface area is 116 Å². The van der Waals surface area contributed by atoms with Crippen LogP contribution in [0.25, 0.3) is 0 Å². The Morgan fingerprint density at radius 2 is 1.89 bits per heavy atom. The summed E-state index contributed by atoms with van der Waals surface area (Å²) < 4.78 is 5.57. The van der Waals surface area contributed by atoms with Crippen LogP contribution in [0.2, 0.25) is 5.02 Å². The molecule has 2 aromatic rings. The van der Waals surface area contributed by atoms with Gasteiger partial charge in [-0.2, -0.15) is 0 Å². The van der Waals surface area contributed by atoms with Gasteiger partial charge in [-0.3, -0.25) is 0 Å². The number of aromatic carboxylic acids is 1. The third-order valence-electron chi connectivity index (χ3n) is 2.75. The smallest absolute Gasteiger partial charge is 0.335 e. The van der Waals surface area contributed by atoms with Gasteiger partial charge in [0.25, 0.3) is 0 Å². The van der Waals surface area contributed by atoms with Crippen molar-refractivity contribution in [3.05, 3.63) is 64.2 Å². The van der Waals surface area contributed by atoms with E-state index in [1.54, 1.807) is 43.3 Å². The van der Waals surface area contributed by atoms with Gasteiger partial charge < -0.3 is 9.84 Å². The Balaban J connectivity index is 2.09. The zero-order chi connectivity index (χ0) is 13.8. The highest BCUT2D eigenvalue weighted by atomic mass is 35.5. The monoisotopic (exact) mass is 276 g/mol. The molecule has 0 saturated heterocycles. The number of hydrogen-bond donors (Lipinski definition) is 1. The van der Waals surface area contributed by atoms with Crippen LogP contribution in [0.3, 0.4) is 0 Å². The minimum atomic E-state index is -0.925. The lowest BCUT2D eigenvalue weighted by molar-refractivity contribution is 0.0696. The third-order valence-corrected chi connectivity index (χ3v) is 3.00. The van der Waals surface area contributed by atoms with Crippen molar-refractivity contribution in [1.29, 1.82) is 0 Å². The van der Waals surface area contributed by atoms with Gasteiger partial charge in [0.15, 0.2) is 0 Å². The molecule has 98 valence electrons. The van der Waals surface area contributed by atoms with Crippen LogP contribution in [0, 0.1) is 6.92 Å². The maximum absolute atomic E-state index is 11.0. The Morgan fingerprint density at radius 3 is 2.53 bits per heavy atom. The second-order valence-electron chi connectivity index (χ2n) is 4.20. The van der Waals surface area contributed by atoms with Gasteiger partial charge >= 0.3 is 5.97 Å². The van der Waals surface area contributed by atoms with E-state index in [0.717, 1.165) is 11.1 Å². The van der Waals surface area contributed by atoms with E-state index in [1.165, 1.54) is 0 Å². The number of ether oxygens (including phenoxy) is 1. The Hall–Kier alpha value is -2.00. The molecule has 0 atom stereocenters. The summed E-state index contributed by atoms with van der Waals surface area (Å²) >= 11 is 5.78. The standard InChI is InChI=1S/C15H13ClO3/c1-10-2-3-11(8-14(10)15(17)18)9-19-13-6-4-12(16)5-7-13/h2-8H,9H2,1H3,(H,17,18). The van der Waals surface area contributed by atoms with Crippen LogP contribution in [-0.2, 0) is 6.61 Å². The molecule has 0 aliphatic carbocycles. The van der Waals surface area contributed by atoms with Crippen LogP contribution in [-0.4, -0.2) is 11.1 Å². The minimum Gasteiger partial charge on any atom is -0.489 e. The summed E-state index contributed by atoms with van der Waals surface area (Å²) in [6.45, 7) is 2.09. The van der Waals surface area contributed by atoms with Crippen molar-refractivity contribution < 1.29 is 14.6 Å². The summed E-state index contributed by atoms with van der Waals surface area (Å²) in [5.74, 6) is -0.229. The van der Waals surface area contributed by atoms with E-state index in [4.69, 9.17) is 21.4 Å². The second kappa shape index (κ2) is 5.76. The molecular weight excluding hydrogens is 264 g/mol. The number of aryl methyl sites for hydroxylation is 1. The molecule has 0 aliphatic heterocycles. The van der Waals surface area contributed by atoms with Crippen molar-refractivity contribution in [2.75, 3.05) is 0 Å². The molecule has 1 N–H and O–H groups in total. The first-order valence-electron chi connectivity index (χ1n) is 5.77. The van der Waals surface area contributed by atoms with Crippen molar-refractivity contribution in [3.8, 4) is 5.75 Å². The maximum atomic E-state index is 11.0. The van der Waals surface area contributed by atoms with Gasteiger partial charge in [0.1, 0.15) is 12.4 Å². The van der Waals surface area contributed by atoms with Gasteiger partial charge in [0, 0.05) is 5.02 Å². The quantitative estimate of drug-likeness (QED) is 0.920. The Bertz CT molecular complexity index is 591. The molecular formula is C15H13ClO3. The zero-order valence-corrected chi connectivity index (χ0v) is 11.1. The molecule has 0 bridgehead atoms. The van der Waals surface area contributed by atoms with Gasteiger partial charge in [0.2, 0.25) is 0 Å². The van der Waals surface area contributed by atoms with Crippen LogP contribution >= 0.6 is 11.6 Å². The number of halogens is 1. The lowest BCUT2D eigenvalue weighted by atomic mass is 10.1. The number of carboxylic acids is 1. The summed E-state index contributed by atoms with van der Waals surface area (Å²) in [6, 6.07) is 12.3. The minimum absolute atomic E-state index is 0.303. The van der Waals surface area contributed by atoms with Crippen LogP contribution in [0.1, 0.15) is 21.5 Å². The summed E-state index contributed by atoms with van der Waals surface area (Å²) in [5, 5.41) is 9.70. The third kappa shape index (κ3) is 3.48. The predicted molar refractivity (Wildman–Crippen MR) is 73.9 cm³/mol. The van der Waals surface area contributed by atoms with Gasteiger partial charge in [-0.15, -0.1) is 0 Å². The van der Waals surface area contributed by atoms with E-state index in [-0.39, 0.29) is 0 Å². The molecule has 19 heavy (non-hydrogen) atoms. The molecule has 2 aromatic carbocycles. The summed E-state index contributed by atoms with van der Waals surface area (Å²) in [5.41, 5.74) is 1.86. The van der Waals surface area contributed by atoms with Crippen LogP contribution < -0.4 is 4.74 Å². The Kier molecular flexibility index (Phi) is 4.07. The highest BCUT2D eigenvalue weighted by Crippen LogP contribution is 2.18. The first kappa shape index (κ1) is 13.4. The molecule has 0 saturated carbocycles. The molecule has 0 radical (unpaired) electrons. The number of carboxylic acid groups (broad SMARTS) is 1. The summed E-state index contributed by atoms with van der Waals surface area (Å²) in [6.07, 6.45) is 0. The van der Waals surface area contributed by atoms with Gasteiger partial charge in [0.05, 0.1) is 5.56 Å². The highest BCUT2D eigenvalue weighted by Gasteiger charge is 2.08. The van der Waals surface area contributed by atoms with Crippen molar-refractivity contribution in [2.24, 2.45) is 0 Å². The van der Waals surface area contributed by atoms with Crippen molar-refractivity contribution in [2.45, 2.75) is 13.5 Å². The molecule has 0 aliphatic rings. The molecule has 2 rings (SSSR count). The van der Waals surface area contributed by atoms with Crippen molar-refractivity contribution in [1.82, 2.24) is 0 Å². The van der Waals surface area contributed by atoms with Crippen LogP contribution in [0.4, 0.5) is 0 Å². The maximum Gasteiger partial charge on any atom is 0.335 e. The Morgan fingerprint density at radius 1 is 1.21 bits per heavy atom. The normalized spacial score (nSPS) is 10.2. The average Bonchev–Trinajstić information content (AvgIpc) is 2.39. The zero-order valence-electron chi connectivity index (χ0n) is 10.4. The van der Waals surface area contributed by atoms with E-state index in [9.17, 15) is 4.79 Å². The fourth-order valence-electron chi connectivity index (χ4n) is 1.69. The number of benzene rings is 2. The molecule has 4 heteroatoms. The molecule has 0 spiro atoms. The van der Waals surface area contributed by atoms with Crippen LogP contribution in [0.15, 0.2) is 42.5 Å². The number of rotatable bonds is 4. The average molecular weight is 277 g/mol. The fourth-order valence-corrected chi connectivity index (χ4v) is 1.81. The lowest BCUT2D eigenvalue weighted by Gasteiger charge is -2.08.